The highest BCUT2D eigenvalue weighted by Crippen LogP contribution is 2.40. The fourth-order valence-corrected chi connectivity index (χ4v) is 5.57. The van der Waals surface area contributed by atoms with E-state index in [1.807, 2.05) is 0 Å². The minimum Gasteiger partial charge on any atom is -0.320 e. The first-order valence-electron chi connectivity index (χ1n) is 8.99. The van der Waals surface area contributed by atoms with Gasteiger partial charge in [-0.05, 0) is 54.1 Å². The van der Waals surface area contributed by atoms with Crippen molar-refractivity contribution >= 4 is 50.9 Å². The highest BCUT2D eigenvalue weighted by atomic mass is 35.5. The molecule has 1 N–H and O–H groups in total. The highest BCUT2D eigenvalue weighted by Gasteiger charge is 2.25. The van der Waals surface area contributed by atoms with Gasteiger partial charge in [-0.1, -0.05) is 41.6 Å². The number of nitrogens with one attached hydrogen (secondary N) is 1. The van der Waals surface area contributed by atoms with Gasteiger partial charge in [0.2, 0.25) is 0 Å². The second kappa shape index (κ2) is 8.45. The molecule has 0 aliphatic carbocycles. The van der Waals surface area contributed by atoms with Crippen LogP contribution in [0, 0.1) is 11.6 Å². The van der Waals surface area contributed by atoms with Crippen molar-refractivity contribution in [1.82, 2.24) is 0 Å². The summed E-state index contributed by atoms with van der Waals surface area (Å²) in [6.45, 7) is 0. The second-order valence-electron chi connectivity index (χ2n) is 6.73. The summed E-state index contributed by atoms with van der Waals surface area (Å²) in [5.74, 6) is -2.97. The lowest BCUT2D eigenvalue weighted by Crippen LogP contribution is -2.18. The molecule has 1 aliphatic rings. The number of carbonyl (C=O) groups is 1. The number of hydrogen-bond acceptors (Lipinski definition) is 4. The lowest BCUT2D eigenvalue weighted by atomic mass is 10.2. The maximum Gasteiger partial charge on any atom is 0.262 e. The largest absolute Gasteiger partial charge is 0.320 e. The van der Waals surface area contributed by atoms with Crippen molar-refractivity contribution < 1.29 is 22.0 Å². The minimum absolute atomic E-state index is 0.0941. The van der Waals surface area contributed by atoms with Gasteiger partial charge in [0.05, 0.1) is 21.2 Å². The van der Waals surface area contributed by atoms with Crippen molar-refractivity contribution in [3.63, 3.8) is 0 Å². The summed E-state index contributed by atoms with van der Waals surface area (Å²) in [5.41, 5.74) is 0.702. The van der Waals surface area contributed by atoms with Crippen molar-refractivity contribution in [1.29, 1.82) is 0 Å². The van der Waals surface area contributed by atoms with Crippen molar-refractivity contribution in [2.24, 2.45) is 0 Å². The molecule has 9 heteroatoms. The van der Waals surface area contributed by atoms with Crippen LogP contribution in [0.2, 0.25) is 5.02 Å². The molecule has 1 heterocycles. The average molecular weight is 478 g/mol. The lowest BCUT2D eigenvalue weighted by Gasteiger charge is -2.19. The Balaban J connectivity index is 1.65. The molecule has 0 aromatic heterocycles. The van der Waals surface area contributed by atoms with Gasteiger partial charge in [-0.3, -0.25) is 4.79 Å². The third-order valence-electron chi connectivity index (χ3n) is 4.57. The molecule has 3 aromatic carbocycles. The number of rotatable bonds is 4. The fourth-order valence-electron chi connectivity index (χ4n) is 2.98. The third kappa shape index (κ3) is 4.66. The SMILES string of the molecule is O=C1Nc2ccc(S(=O)(=O)Cc3c(F)cccc3F)cc2S/C1=C\c1ccc(Cl)cc1. The monoisotopic (exact) mass is 477 g/mol. The van der Waals surface area contributed by atoms with Gasteiger partial charge in [-0.25, -0.2) is 17.2 Å². The molecular formula is C22H14ClF2NO3S2. The Hall–Kier alpha value is -2.68. The highest BCUT2D eigenvalue weighted by molar-refractivity contribution is 8.04. The molecule has 0 unspecified atom stereocenters. The average Bonchev–Trinajstić information content (AvgIpc) is 2.73. The molecule has 0 saturated carbocycles. The summed E-state index contributed by atoms with van der Waals surface area (Å²) in [6.07, 6.45) is 1.66. The molecule has 31 heavy (non-hydrogen) atoms. The zero-order valence-electron chi connectivity index (χ0n) is 15.7. The smallest absolute Gasteiger partial charge is 0.262 e. The standard InChI is InChI=1S/C22H14ClF2NO3S2/c23-14-6-4-13(5-7-14)10-21-22(27)26-19-9-8-15(11-20(19)30-21)31(28,29)12-16-17(24)2-1-3-18(16)25/h1-11H,12H2,(H,26,27)/b21-10-. The predicted octanol–water partition coefficient (Wildman–Crippen LogP) is 5.68. The van der Waals surface area contributed by atoms with Crippen LogP contribution < -0.4 is 5.32 Å². The number of carbonyl (C=O) groups excluding carboxylic acids is 1. The van der Waals surface area contributed by atoms with Crippen LogP contribution in [0.4, 0.5) is 14.5 Å². The van der Waals surface area contributed by atoms with Crippen LogP contribution in [-0.2, 0) is 20.4 Å². The van der Waals surface area contributed by atoms with Crippen molar-refractivity contribution in [3.05, 3.63) is 93.4 Å². The van der Waals surface area contributed by atoms with Crippen LogP contribution in [0.15, 0.2) is 75.4 Å². The number of amides is 1. The Morgan fingerprint density at radius 2 is 1.68 bits per heavy atom. The molecule has 4 nitrogen and oxygen atoms in total. The Kier molecular flexibility index (Phi) is 5.88. The molecule has 0 spiro atoms. The van der Waals surface area contributed by atoms with E-state index in [1.54, 1.807) is 30.3 Å². The molecule has 158 valence electrons. The van der Waals surface area contributed by atoms with Crippen molar-refractivity contribution in [3.8, 4) is 0 Å². The van der Waals surface area contributed by atoms with Crippen LogP contribution in [0.25, 0.3) is 6.08 Å². The van der Waals surface area contributed by atoms with Gasteiger partial charge in [-0.2, -0.15) is 0 Å². The minimum atomic E-state index is -4.03. The molecule has 1 aliphatic heterocycles. The van der Waals surface area contributed by atoms with Crippen LogP contribution in [-0.4, -0.2) is 14.3 Å². The quantitative estimate of drug-likeness (QED) is 0.491. The first kappa shape index (κ1) is 21.5. The summed E-state index contributed by atoms with van der Waals surface area (Å²) >= 11 is 6.99. The predicted molar refractivity (Wildman–Crippen MR) is 118 cm³/mol. The van der Waals surface area contributed by atoms with Gasteiger partial charge < -0.3 is 5.32 Å². The van der Waals surface area contributed by atoms with E-state index in [-0.39, 0.29) is 10.8 Å². The van der Waals surface area contributed by atoms with E-state index in [4.69, 9.17) is 11.6 Å². The third-order valence-corrected chi connectivity index (χ3v) is 7.54. The maximum atomic E-state index is 13.9. The van der Waals surface area contributed by atoms with E-state index < -0.39 is 32.8 Å². The molecule has 0 fully saturated rings. The first-order chi connectivity index (χ1) is 14.7. The Morgan fingerprint density at radius 3 is 2.35 bits per heavy atom. The van der Waals surface area contributed by atoms with Gasteiger partial charge in [0.15, 0.2) is 9.84 Å². The Morgan fingerprint density at radius 1 is 1.00 bits per heavy atom. The number of halogens is 3. The van der Waals surface area contributed by atoms with Gasteiger partial charge >= 0.3 is 0 Å². The lowest BCUT2D eigenvalue weighted by molar-refractivity contribution is -0.112. The summed E-state index contributed by atoms with van der Waals surface area (Å²) in [7, 11) is -4.03. The topological polar surface area (TPSA) is 63.2 Å². The summed E-state index contributed by atoms with van der Waals surface area (Å²) in [4.78, 5) is 13.2. The van der Waals surface area contributed by atoms with E-state index in [2.05, 4.69) is 5.32 Å². The summed E-state index contributed by atoms with van der Waals surface area (Å²) in [6, 6.07) is 14.3. The number of benzene rings is 3. The number of fused-ring (bicyclic) bond motifs is 1. The van der Waals surface area contributed by atoms with E-state index >= 15 is 0 Å². The molecule has 0 saturated heterocycles. The number of thioether (sulfide) groups is 1. The molecule has 0 radical (unpaired) electrons. The second-order valence-corrected chi connectivity index (χ2v) is 10.2. The van der Waals surface area contributed by atoms with Crippen molar-refractivity contribution in [2.75, 3.05) is 5.32 Å². The van der Waals surface area contributed by atoms with Gasteiger partial charge in [0.25, 0.3) is 5.91 Å². The van der Waals surface area contributed by atoms with Gasteiger partial charge in [0.1, 0.15) is 11.6 Å². The van der Waals surface area contributed by atoms with Crippen molar-refractivity contribution in [2.45, 2.75) is 15.5 Å². The zero-order valence-corrected chi connectivity index (χ0v) is 18.1. The summed E-state index contributed by atoms with van der Waals surface area (Å²) < 4.78 is 53.5. The zero-order chi connectivity index (χ0) is 22.2. The number of sulfone groups is 1. The molecular weight excluding hydrogens is 464 g/mol. The first-order valence-corrected chi connectivity index (χ1v) is 11.8. The van der Waals surface area contributed by atoms with Crippen LogP contribution >= 0.6 is 23.4 Å². The van der Waals surface area contributed by atoms with Crippen LogP contribution in [0.3, 0.4) is 0 Å². The number of anilines is 1. The van der Waals surface area contributed by atoms with E-state index in [9.17, 15) is 22.0 Å². The van der Waals surface area contributed by atoms with Gasteiger partial charge in [0, 0.05) is 15.5 Å². The number of hydrogen-bond donors (Lipinski definition) is 1. The molecule has 1 amide bonds. The van der Waals surface area contributed by atoms with Crippen LogP contribution in [0.1, 0.15) is 11.1 Å². The van der Waals surface area contributed by atoms with Crippen LogP contribution in [0.5, 0.6) is 0 Å². The van der Waals surface area contributed by atoms with E-state index in [1.165, 1.54) is 24.3 Å². The Bertz CT molecular complexity index is 1300. The molecule has 4 rings (SSSR count). The van der Waals surface area contributed by atoms with E-state index in [0.717, 1.165) is 29.5 Å². The molecule has 3 aromatic rings. The van der Waals surface area contributed by atoms with Gasteiger partial charge in [-0.15, -0.1) is 0 Å². The Labute approximate surface area is 186 Å². The molecule has 0 bridgehead atoms. The fraction of sp³-hybridized carbons (Fsp3) is 0.0455. The maximum absolute atomic E-state index is 13.9. The normalized spacial score (nSPS) is 14.9. The summed E-state index contributed by atoms with van der Waals surface area (Å²) in [5, 5.41) is 3.28. The van der Waals surface area contributed by atoms with E-state index in [0.29, 0.717) is 20.5 Å². The molecule has 0 atom stereocenters.